The Labute approximate surface area is 147 Å². The first-order valence-electron chi connectivity index (χ1n) is 8.44. The summed E-state index contributed by atoms with van der Waals surface area (Å²) in [4.78, 5) is 24.2. The van der Waals surface area contributed by atoms with E-state index in [1.54, 1.807) is 31.2 Å². The van der Waals surface area contributed by atoms with Crippen LogP contribution in [0, 0.1) is 0 Å². The average molecular weight is 339 g/mol. The second kappa shape index (κ2) is 7.94. The van der Waals surface area contributed by atoms with Crippen LogP contribution in [0.2, 0.25) is 0 Å². The van der Waals surface area contributed by atoms with E-state index in [4.69, 9.17) is 9.47 Å². The van der Waals surface area contributed by atoms with Crippen molar-refractivity contribution in [1.29, 1.82) is 0 Å². The van der Waals surface area contributed by atoms with Gasteiger partial charge in [-0.15, -0.1) is 0 Å². The summed E-state index contributed by atoms with van der Waals surface area (Å²) in [7, 11) is 0. The number of hydrogen-bond donors (Lipinski definition) is 1. The number of carbonyl (C=O) groups excluding carboxylic acids is 2. The van der Waals surface area contributed by atoms with Crippen LogP contribution >= 0.6 is 0 Å². The zero-order chi connectivity index (χ0) is 17.6. The van der Waals surface area contributed by atoms with E-state index in [1.165, 1.54) is 5.56 Å². The predicted octanol–water partition coefficient (Wildman–Crippen LogP) is 3.51. The third kappa shape index (κ3) is 4.25. The summed E-state index contributed by atoms with van der Waals surface area (Å²) < 4.78 is 10.7. The predicted molar refractivity (Wildman–Crippen MR) is 94.5 cm³/mol. The number of anilines is 1. The number of esters is 1. The van der Waals surface area contributed by atoms with Gasteiger partial charge in [-0.25, -0.2) is 4.79 Å². The van der Waals surface area contributed by atoms with Crippen molar-refractivity contribution in [2.24, 2.45) is 0 Å². The van der Waals surface area contributed by atoms with Gasteiger partial charge in [-0.2, -0.15) is 0 Å². The van der Waals surface area contributed by atoms with Gasteiger partial charge in [0.05, 0.1) is 31.3 Å². The van der Waals surface area contributed by atoms with Crippen LogP contribution in [0.5, 0.6) is 0 Å². The van der Waals surface area contributed by atoms with Crippen LogP contribution in [-0.2, 0) is 20.7 Å². The Hall–Kier alpha value is -2.66. The minimum Gasteiger partial charge on any atom is -0.462 e. The van der Waals surface area contributed by atoms with Crippen LogP contribution in [0.1, 0.15) is 40.9 Å². The molecule has 1 N–H and O–H groups in total. The van der Waals surface area contributed by atoms with Gasteiger partial charge in [-0.05, 0) is 42.7 Å². The molecule has 0 saturated carbocycles. The molecule has 0 fully saturated rings. The lowest BCUT2D eigenvalue weighted by Gasteiger charge is -2.25. The summed E-state index contributed by atoms with van der Waals surface area (Å²) in [6.07, 6.45) is 0.870. The molecule has 1 amide bonds. The smallest absolute Gasteiger partial charge is 0.338 e. The molecule has 1 atom stereocenters. The molecule has 0 saturated heterocycles. The van der Waals surface area contributed by atoms with Gasteiger partial charge in [-0.3, -0.25) is 4.79 Å². The lowest BCUT2D eigenvalue weighted by atomic mass is 9.95. The summed E-state index contributed by atoms with van der Waals surface area (Å²) in [5, 5.41) is 2.83. The first-order chi connectivity index (χ1) is 12.2. The fraction of sp³-hybridized carbons (Fsp3) is 0.300. The summed E-state index contributed by atoms with van der Waals surface area (Å²) in [5.41, 5.74) is 3.29. The van der Waals surface area contributed by atoms with Crippen LogP contribution in [0.25, 0.3) is 0 Å². The summed E-state index contributed by atoms with van der Waals surface area (Å²) >= 11 is 0. The molecule has 25 heavy (non-hydrogen) atoms. The highest BCUT2D eigenvalue weighted by Gasteiger charge is 2.23. The minimum atomic E-state index is -0.400. The molecule has 2 aromatic rings. The summed E-state index contributed by atoms with van der Waals surface area (Å²) in [5.74, 6) is -0.550. The number of benzene rings is 2. The van der Waals surface area contributed by atoms with Crippen molar-refractivity contribution >= 4 is 17.6 Å². The fourth-order valence-corrected chi connectivity index (χ4v) is 2.96. The van der Waals surface area contributed by atoms with E-state index in [-0.39, 0.29) is 18.4 Å². The highest BCUT2D eigenvalue weighted by atomic mass is 16.5. The Morgan fingerprint density at radius 3 is 2.88 bits per heavy atom. The van der Waals surface area contributed by atoms with Crippen molar-refractivity contribution in [2.75, 3.05) is 18.5 Å². The van der Waals surface area contributed by atoms with E-state index < -0.39 is 5.97 Å². The Bertz CT molecular complexity index is 772. The second-order valence-electron chi connectivity index (χ2n) is 5.86. The molecule has 0 aliphatic carbocycles. The molecule has 2 aromatic carbocycles. The van der Waals surface area contributed by atoms with Gasteiger partial charge in [0.2, 0.25) is 5.91 Å². The van der Waals surface area contributed by atoms with Crippen LogP contribution in [-0.4, -0.2) is 25.1 Å². The van der Waals surface area contributed by atoms with Crippen molar-refractivity contribution < 1.29 is 19.1 Å². The van der Waals surface area contributed by atoms with Crippen molar-refractivity contribution in [3.8, 4) is 0 Å². The van der Waals surface area contributed by atoms with Gasteiger partial charge in [0.25, 0.3) is 0 Å². The topological polar surface area (TPSA) is 64.6 Å². The minimum absolute atomic E-state index is 0.150. The molecule has 0 bridgehead atoms. The Morgan fingerprint density at radius 2 is 2.04 bits per heavy atom. The summed E-state index contributed by atoms with van der Waals surface area (Å²) in [6, 6.07) is 14.8. The Balaban J connectivity index is 1.66. The van der Waals surface area contributed by atoms with Crippen molar-refractivity contribution in [2.45, 2.75) is 25.9 Å². The largest absolute Gasteiger partial charge is 0.462 e. The van der Waals surface area contributed by atoms with Crippen LogP contribution in [0.3, 0.4) is 0 Å². The zero-order valence-corrected chi connectivity index (χ0v) is 14.2. The first-order valence-corrected chi connectivity index (χ1v) is 8.44. The second-order valence-corrected chi connectivity index (χ2v) is 5.86. The maximum absolute atomic E-state index is 12.4. The quantitative estimate of drug-likeness (QED) is 0.847. The van der Waals surface area contributed by atoms with Gasteiger partial charge >= 0.3 is 5.97 Å². The first kappa shape index (κ1) is 17.2. The molecule has 130 valence electrons. The molecule has 1 aliphatic heterocycles. The summed E-state index contributed by atoms with van der Waals surface area (Å²) in [6.45, 7) is 2.69. The van der Waals surface area contributed by atoms with E-state index in [0.717, 1.165) is 12.0 Å². The van der Waals surface area contributed by atoms with Gasteiger partial charge < -0.3 is 14.8 Å². The fourth-order valence-electron chi connectivity index (χ4n) is 2.96. The molecule has 1 unspecified atom stereocenters. The number of amides is 1. The van der Waals surface area contributed by atoms with Crippen molar-refractivity contribution in [1.82, 2.24) is 0 Å². The molecule has 0 spiro atoms. The van der Waals surface area contributed by atoms with Gasteiger partial charge in [0.1, 0.15) is 0 Å². The highest BCUT2D eigenvalue weighted by molar-refractivity contribution is 5.94. The van der Waals surface area contributed by atoms with Crippen molar-refractivity contribution in [3.63, 3.8) is 0 Å². The number of hydrogen-bond acceptors (Lipinski definition) is 4. The van der Waals surface area contributed by atoms with E-state index in [0.29, 0.717) is 24.5 Å². The normalized spacial score (nSPS) is 16.0. The van der Waals surface area contributed by atoms with Gasteiger partial charge in [-0.1, -0.05) is 30.3 Å². The van der Waals surface area contributed by atoms with Gasteiger partial charge in [0, 0.05) is 5.69 Å². The third-order valence-corrected chi connectivity index (χ3v) is 4.12. The van der Waals surface area contributed by atoms with Gasteiger partial charge in [0.15, 0.2) is 0 Å². The molecular weight excluding hydrogens is 318 g/mol. The molecule has 1 aliphatic rings. The highest BCUT2D eigenvalue weighted by Crippen LogP contribution is 2.29. The average Bonchev–Trinajstić information content (AvgIpc) is 2.62. The Morgan fingerprint density at radius 1 is 1.20 bits per heavy atom. The van der Waals surface area contributed by atoms with E-state index in [1.807, 2.05) is 18.2 Å². The van der Waals surface area contributed by atoms with E-state index >= 15 is 0 Å². The maximum atomic E-state index is 12.4. The molecule has 3 rings (SSSR count). The zero-order valence-electron chi connectivity index (χ0n) is 14.2. The van der Waals surface area contributed by atoms with E-state index in [9.17, 15) is 9.59 Å². The molecule has 1 heterocycles. The molecule has 0 aromatic heterocycles. The molecule has 5 heteroatoms. The van der Waals surface area contributed by atoms with Crippen LogP contribution in [0.15, 0.2) is 48.5 Å². The molecule has 5 nitrogen and oxygen atoms in total. The number of nitrogens with one attached hydrogen (secondary N) is 1. The molecule has 0 radical (unpaired) electrons. The molecular formula is C20H21NO4. The van der Waals surface area contributed by atoms with Crippen LogP contribution < -0.4 is 5.32 Å². The lowest BCUT2D eigenvalue weighted by Crippen LogP contribution is -2.22. The number of ether oxygens (including phenoxy) is 2. The van der Waals surface area contributed by atoms with E-state index in [2.05, 4.69) is 11.4 Å². The van der Waals surface area contributed by atoms with Crippen LogP contribution in [0.4, 0.5) is 5.69 Å². The SMILES string of the molecule is CCOC(=O)c1cccc(NC(=O)CC2OCCc3ccccc32)c1. The Kier molecular flexibility index (Phi) is 5.46. The lowest BCUT2D eigenvalue weighted by molar-refractivity contribution is -0.119. The monoisotopic (exact) mass is 339 g/mol. The number of fused-ring (bicyclic) bond motifs is 1. The van der Waals surface area contributed by atoms with Crippen molar-refractivity contribution in [3.05, 3.63) is 65.2 Å². The number of rotatable bonds is 5. The number of carbonyl (C=O) groups is 2. The third-order valence-electron chi connectivity index (χ3n) is 4.12. The maximum Gasteiger partial charge on any atom is 0.338 e. The standard InChI is InChI=1S/C20H21NO4/c1-2-24-20(23)15-7-5-8-16(12-15)21-19(22)13-18-17-9-4-3-6-14(17)10-11-25-18/h3-9,12,18H,2,10-11,13H2,1H3,(H,21,22).